The highest BCUT2D eigenvalue weighted by molar-refractivity contribution is 5.99. The lowest BCUT2D eigenvalue weighted by molar-refractivity contribution is -0.127. The number of piperidine rings is 1. The summed E-state index contributed by atoms with van der Waals surface area (Å²) >= 11 is 0. The van der Waals surface area contributed by atoms with Crippen molar-refractivity contribution in [1.29, 1.82) is 0 Å². The molecule has 14 heteroatoms. The number of benzene rings is 1. The van der Waals surface area contributed by atoms with Gasteiger partial charge >= 0.3 is 0 Å². The first-order valence-corrected chi connectivity index (χ1v) is 14.4. The molecule has 4 rings (SSSR count). The zero-order chi connectivity index (χ0) is 31.8. The molecule has 44 heavy (non-hydrogen) atoms. The fraction of sp³-hybridized carbons (Fsp3) is 0.400. The van der Waals surface area contributed by atoms with Crippen LogP contribution < -0.4 is 26.4 Å². The SMILES string of the molecule is C=CC(=O)N1CCCC(n2cc(Nc3ncc(C(N)=O)c(Nc4c(C)cc(C(=O)NCCCN(C)C)cc4OC)n3)cn2)C1. The van der Waals surface area contributed by atoms with Crippen LogP contribution in [0, 0.1) is 6.92 Å². The molecule has 3 aromatic rings. The summed E-state index contributed by atoms with van der Waals surface area (Å²) in [6.07, 6.45) is 8.70. The molecule has 0 spiro atoms. The number of nitrogens with zero attached hydrogens (tertiary/aromatic N) is 6. The van der Waals surface area contributed by atoms with Crippen molar-refractivity contribution < 1.29 is 19.1 Å². The quantitative estimate of drug-likeness (QED) is 0.168. The molecule has 0 radical (unpaired) electrons. The lowest BCUT2D eigenvalue weighted by Crippen LogP contribution is -2.39. The number of hydrogen-bond donors (Lipinski definition) is 4. The maximum absolute atomic E-state index is 12.8. The zero-order valence-corrected chi connectivity index (χ0v) is 25.6. The normalized spacial score (nSPS) is 14.7. The number of carbonyl (C=O) groups is 3. The average molecular weight is 605 g/mol. The number of nitrogens with one attached hydrogen (secondary N) is 3. The summed E-state index contributed by atoms with van der Waals surface area (Å²) in [5.74, 6) is -0.261. The maximum atomic E-state index is 12.8. The first-order valence-electron chi connectivity index (χ1n) is 14.4. The molecule has 234 valence electrons. The molecule has 1 aliphatic rings. The van der Waals surface area contributed by atoms with E-state index in [1.807, 2.05) is 31.9 Å². The Kier molecular flexibility index (Phi) is 10.5. The Morgan fingerprint density at radius 3 is 2.73 bits per heavy atom. The Morgan fingerprint density at radius 2 is 2.02 bits per heavy atom. The molecular weight excluding hydrogens is 564 g/mol. The second kappa shape index (κ2) is 14.5. The third-order valence-electron chi connectivity index (χ3n) is 7.26. The lowest BCUT2D eigenvalue weighted by Gasteiger charge is -2.32. The maximum Gasteiger partial charge on any atom is 0.254 e. The van der Waals surface area contributed by atoms with Gasteiger partial charge in [-0.3, -0.25) is 19.1 Å². The summed E-state index contributed by atoms with van der Waals surface area (Å²) in [6, 6.07) is 3.39. The van der Waals surface area contributed by atoms with Crippen molar-refractivity contribution in [2.45, 2.75) is 32.2 Å². The molecule has 2 aromatic heterocycles. The Morgan fingerprint density at radius 1 is 1.23 bits per heavy atom. The van der Waals surface area contributed by atoms with Crippen molar-refractivity contribution in [2.75, 3.05) is 58.0 Å². The second-order valence-corrected chi connectivity index (χ2v) is 10.8. The van der Waals surface area contributed by atoms with E-state index in [4.69, 9.17) is 10.5 Å². The summed E-state index contributed by atoms with van der Waals surface area (Å²) in [7, 11) is 5.46. The van der Waals surface area contributed by atoms with Gasteiger partial charge in [0, 0.05) is 37.6 Å². The van der Waals surface area contributed by atoms with E-state index in [-0.39, 0.29) is 35.2 Å². The third kappa shape index (κ3) is 7.89. The van der Waals surface area contributed by atoms with Crippen LogP contribution in [-0.4, -0.2) is 94.7 Å². The molecule has 0 saturated carbocycles. The van der Waals surface area contributed by atoms with Gasteiger partial charge in [-0.1, -0.05) is 6.58 Å². The van der Waals surface area contributed by atoms with Gasteiger partial charge in [-0.15, -0.1) is 0 Å². The van der Waals surface area contributed by atoms with Crippen LogP contribution in [0.25, 0.3) is 0 Å². The topological polar surface area (TPSA) is 173 Å². The smallest absolute Gasteiger partial charge is 0.254 e. The van der Waals surface area contributed by atoms with Crippen molar-refractivity contribution in [1.82, 2.24) is 34.9 Å². The molecule has 1 fully saturated rings. The van der Waals surface area contributed by atoms with Gasteiger partial charge in [-0.25, -0.2) is 4.98 Å². The Balaban J connectivity index is 1.52. The number of carbonyl (C=O) groups excluding carboxylic acids is 3. The lowest BCUT2D eigenvalue weighted by atomic mass is 10.1. The van der Waals surface area contributed by atoms with Crippen molar-refractivity contribution in [2.24, 2.45) is 5.73 Å². The van der Waals surface area contributed by atoms with Crippen molar-refractivity contribution in [3.63, 3.8) is 0 Å². The van der Waals surface area contributed by atoms with Crippen LogP contribution in [0.2, 0.25) is 0 Å². The Hall–Kier alpha value is -4.98. The van der Waals surface area contributed by atoms with E-state index >= 15 is 0 Å². The van der Waals surface area contributed by atoms with Gasteiger partial charge in [-0.05, 0) is 70.6 Å². The van der Waals surface area contributed by atoms with E-state index in [2.05, 4.69) is 42.5 Å². The zero-order valence-electron chi connectivity index (χ0n) is 25.6. The van der Waals surface area contributed by atoms with E-state index in [9.17, 15) is 14.4 Å². The second-order valence-electron chi connectivity index (χ2n) is 10.8. The molecule has 1 saturated heterocycles. The first-order chi connectivity index (χ1) is 21.1. The number of hydrogen-bond acceptors (Lipinski definition) is 10. The number of ether oxygens (including phenoxy) is 1. The van der Waals surface area contributed by atoms with Crippen LogP contribution in [0.3, 0.4) is 0 Å². The monoisotopic (exact) mass is 604 g/mol. The first kappa shape index (κ1) is 31.9. The van der Waals surface area contributed by atoms with Crippen molar-refractivity contribution in [3.05, 3.63) is 60.1 Å². The summed E-state index contributed by atoms with van der Waals surface area (Å²) in [5.41, 5.74) is 8.00. The van der Waals surface area contributed by atoms with Crippen LogP contribution in [0.1, 0.15) is 51.6 Å². The van der Waals surface area contributed by atoms with Crippen LogP contribution in [0.5, 0.6) is 5.75 Å². The van der Waals surface area contributed by atoms with Gasteiger partial charge < -0.3 is 36.2 Å². The van der Waals surface area contributed by atoms with E-state index in [0.717, 1.165) is 25.8 Å². The highest BCUT2D eigenvalue weighted by atomic mass is 16.5. The van der Waals surface area contributed by atoms with Crippen molar-refractivity contribution >= 4 is 40.9 Å². The van der Waals surface area contributed by atoms with E-state index in [0.29, 0.717) is 47.9 Å². The van der Waals surface area contributed by atoms with E-state index in [1.165, 1.54) is 19.4 Å². The van der Waals surface area contributed by atoms with E-state index < -0.39 is 5.91 Å². The van der Waals surface area contributed by atoms with Gasteiger partial charge in [0.25, 0.3) is 11.8 Å². The summed E-state index contributed by atoms with van der Waals surface area (Å²) in [4.78, 5) is 49.7. The van der Waals surface area contributed by atoms with Gasteiger partial charge in [0.05, 0.1) is 30.7 Å². The number of likely N-dealkylation sites (tertiary alicyclic amines) is 1. The van der Waals surface area contributed by atoms with Crippen LogP contribution in [-0.2, 0) is 4.79 Å². The van der Waals surface area contributed by atoms with Gasteiger partial charge in [0.15, 0.2) is 0 Å². The van der Waals surface area contributed by atoms with E-state index in [1.54, 1.807) is 23.2 Å². The molecule has 1 aliphatic heterocycles. The molecule has 5 N–H and O–H groups in total. The average Bonchev–Trinajstić information content (AvgIpc) is 3.48. The largest absolute Gasteiger partial charge is 0.495 e. The van der Waals surface area contributed by atoms with Gasteiger partial charge in [0.1, 0.15) is 17.1 Å². The minimum atomic E-state index is -0.715. The highest BCUT2D eigenvalue weighted by Gasteiger charge is 2.24. The Labute approximate surface area is 256 Å². The number of nitrogens with two attached hydrogens (primary N) is 1. The number of methoxy groups -OCH3 is 1. The molecular formula is C30H40N10O4. The predicted octanol–water partition coefficient (Wildman–Crippen LogP) is 2.61. The fourth-order valence-electron chi connectivity index (χ4n) is 4.97. The minimum absolute atomic E-state index is 0.0251. The van der Waals surface area contributed by atoms with Gasteiger partial charge in [0.2, 0.25) is 11.9 Å². The highest BCUT2D eigenvalue weighted by Crippen LogP contribution is 2.33. The van der Waals surface area contributed by atoms with Crippen molar-refractivity contribution in [3.8, 4) is 5.75 Å². The molecule has 3 heterocycles. The summed E-state index contributed by atoms with van der Waals surface area (Å²) < 4.78 is 7.41. The number of anilines is 4. The summed E-state index contributed by atoms with van der Waals surface area (Å²) in [6.45, 7) is 8.05. The number of rotatable bonds is 13. The standard InChI is InChI=1S/C30H40N10O4/c1-6-25(41)39-12-7-9-22(18-39)40-17-21(15-34-40)35-30-33-16-23(27(31)42)28(37-30)36-26-19(2)13-20(14-24(26)44-5)29(43)32-10-8-11-38(3)4/h6,13-17,22H,1,7-12,18H2,2-5H3,(H2,31,42)(H,32,43)(H2,33,35,36,37). The fourth-order valence-corrected chi connectivity index (χ4v) is 4.97. The predicted molar refractivity (Wildman–Crippen MR) is 168 cm³/mol. The molecule has 3 amide bonds. The third-order valence-corrected chi connectivity index (χ3v) is 7.26. The number of aryl methyl sites for hydroxylation is 1. The van der Waals surface area contributed by atoms with Crippen LogP contribution in [0.15, 0.2) is 43.4 Å². The summed E-state index contributed by atoms with van der Waals surface area (Å²) in [5, 5.41) is 13.7. The molecule has 1 atom stereocenters. The molecule has 0 bridgehead atoms. The molecule has 1 aromatic carbocycles. The minimum Gasteiger partial charge on any atom is -0.495 e. The molecule has 1 unspecified atom stereocenters. The number of primary amides is 1. The Bertz CT molecular complexity index is 1520. The van der Waals surface area contributed by atoms with Crippen LogP contribution in [0.4, 0.5) is 23.1 Å². The molecule has 14 nitrogen and oxygen atoms in total. The molecule has 0 aliphatic carbocycles. The number of aromatic nitrogens is 4. The van der Waals surface area contributed by atoms with Crippen LogP contribution >= 0.6 is 0 Å². The van der Waals surface area contributed by atoms with Gasteiger partial charge in [-0.2, -0.15) is 10.1 Å². The number of amides is 3.